The van der Waals surface area contributed by atoms with Crippen molar-refractivity contribution in [1.29, 1.82) is 0 Å². The van der Waals surface area contributed by atoms with Crippen molar-refractivity contribution in [2.75, 3.05) is 38.7 Å². The van der Waals surface area contributed by atoms with Gasteiger partial charge in [0.2, 0.25) is 11.8 Å². The van der Waals surface area contributed by atoms with Gasteiger partial charge in [0, 0.05) is 30.4 Å². The topological polar surface area (TPSA) is 180 Å². The normalized spacial score (nSPS) is 23.6. The molecule has 14 heteroatoms. The molecule has 0 spiro atoms. The second-order valence-corrected chi connectivity index (χ2v) is 10.9. The van der Waals surface area contributed by atoms with Gasteiger partial charge in [0.25, 0.3) is 0 Å². The van der Waals surface area contributed by atoms with E-state index in [0.717, 1.165) is 25.0 Å². The van der Waals surface area contributed by atoms with Crippen LogP contribution < -0.4 is 21.3 Å². The Labute approximate surface area is 220 Å². The lowest BCUT2D eigenvalue weighted by molar-refractivity contribution is -0.142. The molecular weight excluding hydrogens is 504 g/mol. The van der Waals surface area contributed by atoms with Crippen molar-refractivity contribution in [2.45, 2.75) is 80.9 Å². The van der Waals surface area contributed by atoms with Gasteiger partial charge in [-0.05, 0) is 32.6 Å². The minimum Gasteiger partial charge on any atom is -0.480 e. The molecule has 4 amide bonds. The summed E-state index contributed by atoms with van der Waals surface area (Å²) in [6, 6.07) is -0.618. The van der Waals surface area contributed by atoms with E-state index in [1.54, 1.807) is 0 Å². The smallest absolute Gasteiger partial charge is 0.326 e. The zero-order valence-corrected chi connectivity index (χ0v) is 22.0. The van der Waals surface area contributed by atoms with Gasteiger partial charge in [0.15, 0.2) is 5.66 Å². The van der Waals surface area contributed by atoms with Crippen molar-refractivity contribution in [1.82, 2.24) is 21.3 Å². The van der Waals surface area contributed by atoms with E-state index < -0.39 is 17.7 Å². The lowest BCUT2D eigenvalue weighted by Crippen LogP contribution is -2.41. The average Bonchev–Trinajstić information content (AvgIpc) is 3.30. The average molecular weight is 543 g/mol. The summed E-state index contributed by atoms with van der Waals surface area (Å²) in [6.45, 7) is 3.36. The van der Waals surface area contributed by atoms with Crippen molar-refractivity contribution in [2.24, 2.45) is 10.2 Å². The fourth-order valence-electron chi connectivity index (χ4n) is 4.24. The number of hydrogen-bond acceptors (Lipinski definition) is 9. The summed E-state index contributed by atoms with van der Waals surface area (Å²) < 4.78 is 10.8. The van der Waals surface area contributed by atoms with Crippen LogP contribution in [0.4, 0.5) is 4.79 Å². The molecule has 3 heterocycles. The Morgan fingerprint density at radius 2 is 1.86 bits per heavy atom. The molecule has 0 aromatic heterocycles. The van der Waals surface area contributed by atoms with E-state index in [0.29, 0.717) is 44.5 Å². The molecule has 0 bridgehead atoms. The number of ether oxygens (including phenoxy) is 2. The molecule has 3 aliphatic heterocycles. The number of thioether (sulfide) groups is 1. The standard InChI is InChI=1S/C23H38N6O7S/c1-23(28-29-23)8-6-15(21(32)33)25-19(31)7-10-35-12-13-36-11-9-24-18(30)5-3-2-4-17-20-16(14-37-17)26-22(34)27-20/h15-17,20H,2-14H2,1H3,(H,24,30)(H,25,31)(H,32,33)(H2,26,27,34)/t15-,16-,17-,20-/m0/s1. The van der Waals surface area contributed by atoms with Crippen LogP contribution in [0.1, 0.15) is 51.9 Å². The third-order valence-corrected chi connectivity index (χ3v) is 7.98. The van der Waals surface area contributed by atoms with Gasteiger partial charge in [-0.25, -0.2) is 9.59 Å². The quantitative estimate of drug-likeness (QED) is 0.117. The van der Waals surface area contributed by atoms with Gasteiger partial charge in [-0.15, -0.1) is 0 Å². The molecule has 2 saturated heterocycles. The molecule has 0 aromatic rings. The van der Waals surface area contributed by atoms with Gasteiger partial charge in [-0.1, -0.05) is 6.42 Å². The van der Waals surface area contributed by atoms with Crippen LogP contribution in [0, 0.1) is 0 Å². The Kier molecular flexibility index (Phi) is 11.4. The molecule has 2 fully saturated rings. The van der Waals surface area contributed by atoms with Crippen LogP contribution in [0.2, 0.25) is 0 Å². The van der Waals surface area contributed by atoms with E-state index in [1.807, 2.05) is 18.7 Å². The number of hydrogen-bond donors (Lipinski definition) is 5. The van der Waals surface area contributed by atoms with Crippen LogP contribution in [-0.2, 0) is 23.9 Å². The number of aliphatic carboxylic acids is 1. The van der Waals surface area contributed by atoms with Crippen molar-refractivity contribution in [3.63, 3.8) is 0 Å². The second-order valence-electron chi connectivity index (χ2n) is 9.61. The summed E-state index contributed by atoms with van der Waals surface area (Å²) in [5.74, 6) is -0.540. The van der Waals surface area contributed by atoms with E-state index in [1.165, 1.54) is 0 Å². The van der Waals surface area contributed by atoms with Crippen LogP contribution >= 0.6 is 11.8 Å². The van der Waals surface area contributed by atoms with Crippen molar-refractivity contribution >= 4 is 35.6 Å². The SMILES string of the molecule is CC1(CC[C@H](NC(=O)CCOCCOCCNC(=O)CCCC[C@@H]2SC[C@@H]3NC(=O)N[C@@H]32)C(=O)O)N=N1. The molecule has 0 aromatic carbocycles. The first-order valence-corrected chi connectivity index (χ1v) is 13.9. The third kappa shape index (κ3) is 10.4. The predicted octanol–water partition coefficient (Wildman–Crippen LogP) is 0.783. The molecule has 0 aliphatic carbocycles. The van der Waals surface area contributed by atoms with Gasteiger partial charge in [-0.2, -0.15) is 22.0 Å². The van der Waals surface area contributed by atoms with Crippen LogP contribution in [-0.4, -0.2) is 96.7 Å². The number of amides is 4. The number of carbonyl (C=O) groups excluding carboxylic acids is 3. The molecule has 0 saturated carbocycles. The molecule has 208 valence electrons. The maximum absolute atomic E-state index is 12.0. The highest BCUT2D eigenvalue weighted by molar-refractivity contribution is 8.00. The summed E-state index contributed by atoms with van der Waals surface area (Å²) in [5, 5.41) is 28.6. The number of urea groups is 1. The maximum Gasteiger partial charge on any atom is 0.326 e. The Bertz CT molecular complexity index is 838. The van der Waals surface area contributed by atoms with E-state index in [2.05, 4.69) is 31.5 Å². The van der Waals surface area contributed by atoms with E-state index in [-0.39, 0.29) is 49.4 Å². The van der Waals surface area contributed by atoms with Crippen LogP contribution in [0.3, 0.4) is 0 Å². The third-order valence-electron chi connectivity index (χ3n) is 6.48. The molecule has 0 radical (unpaired) electrons. The Balaban J connectivity index is 1.09. The Hall–Kier alpha value is -2.45. The summed E-state index contributed by atoms with van der Waals surface area (Å²) in [4.78, 5) is 46.7. The molecular formula is C23H38N6O7S. The highest BCUT2D eigenvalue weighted by atomic mass is 32.2. The largest absolute Gasteiger partial charge is 0.480 e. The number of nitrogens with one attached hydrogen (secondary N) is 4. The lowest BCUT2D eigenvalue weighted by atomic mass is 10.0. The highest BCUT2D eigenvalue weighted by Gasteiger charge is 2.42. The van der Waals surface area contributed by atoms with Gasteiger partial charge < -0.3 is 35.8 Å². The van der Waals surface area contributed by atoms with Gasteiger partial charge in [0.1, 0.15) is 6.04 Å². The molecule has 4 atom stereocenters. The first-order valence-electron chi connectivity index (χ1n) is 12.8. The summed E-state index contributed by atoms with van der Waals surface area (Å²) in [6.07, 6.45) is 3.99. The minimum absolute atomic E-state index is 0.00617. The van der Waals surface area contributed by atoms with Gasteiger partial charge in [0.05, 0.1) is 38.5 Å². The molecule has 3 aliphatic rings. The predicted molar refractivity (Wildman–Crippen MR) is 135 cm³/mol. The summed E-state index contributed by atoms with van der Waals surface area (Å²) >= 11 is 1.88. The number of carboxylic acid groups (broad SMARTS) is 1. The zero-order chi connectivity index (χ0) is 26.7. The Morgan fingerprint density at radius 3 is 2.59 bits per heavy atom. The fourth-order valence-corrected chi connectivity index (χ4v) is 5.78. The first-order chi connectivity index (χ1) is 17.8. The number of unbranched alkanes of at least 4 members (excludes halogenated alkanes) is 1. The zero-order valence-electron chi connectivity index (χ0n) is 21.2. The molecule has 3 rings (SSSR count). The first kappa shape index (κ1) is 29.1. The number of fused-ring (bicyclic) bond motifs is 1. The number of nitrogens with zero attached hydrogens (tertiary/aromatic N) is 2. The van der Waals surface area contributed by atoms with Crippen molar-refractivity contribution < 1.29 is 33.8 Å². The monoisotopic (exact) mass is 542 g/mol. The molecule has 0 unspecified atom stereocenters. The maximum atomic E-state index is 12.0. The fraction of sp³-hybridized carbons (Fsp3) is 0.826. The van der Waals surface area contributed by atoms with Crippen LogP contribution in [0.15, 0.2) is 10.2 Å². The van der Waals surface area contributed by atoms with E-state index >= 15 is 0 Å². The summed E-state index contributed by atoms with van der Waals surface area (Å²) in [7, 11) is 0. The second kappa shape index (κ2) is 14.5. The lowest BCUT2D eigenvalue weighted by Gasteiger charge is -2.16. The highest BCUT2D eigenvalue weighted by Crippen LogP contribution is 2.33. The molecule has 37 heavy (non-hydrogen) atoms. The van der Waals surface area contributed by atoms with Crippen LogP contribution in [0.5, 0.6) is 0 Å². The van der Waals surface area contributed by atoms with Crippen LogP contribution in [0.25, 0.3) is 0 Å². The number of carboxylic acids is 1. The Morgan fingerprint density at radius 1 is 1.11 bits per heavy atom. The molecule has 13 nitrogen and oxygen atoms in total. The van der Waals surface area contributed by atoms with Gasteiger partial charge in [-0.3, -0.25) is 9.59 Å². The molecule has 5 N–H and O–H groups in total. The minimum atomic E-state index is -1.08. The van der Waals surface area contributed by atoms with Crippen molar-refractivity contribution in [3.05, 3.63) is 0 Å². The van der Waals surface area contributed by atoms with Gasteiger partial charge >= 0.3 is 12.0 Å². The summed E-state index contributed by atoms with van der Waals surface area (Å²) in [5.41, 5.74) is -0.502. The number of carbonyl (C=O) groups is 4. The van der Waals surface area contributed by atoms with Crippen molar-refractivity contribution in [3.8, 4) is 0 Å². The van der Waals surface area contributed by atoms with E-state index in [9.17, 15) is 24.3 Å². The van der Waals surface area contributed by atoms with E-state index in [4.69, 9.17) is 9.47 Å². The number of rotatable bonds is 19.